The first-order valence-electron chi connectivity index (χ1n) is 7.26. The summed E-state index contributed by atoms with van der Waals surface area (Å²) >= 11 is 0. The zero-order valence-corrected chi connectivity index (χ0v) is 11.4. The fraction of sp³-hybridized carbons (Fsp3) is 0.500. The van der Waals surface area contributed by atoms with E-state index in [4.69, 9.17) is 5.11 Å². The molecule has 1 saturated carbocycles. The third-order valence-electron chi connectivity index (χ3n) is 4.58. The molecule has 2 aliphatic rings. The summed E-state index contributed by atoms with van der Waals surface area (Å²) in [6.45, 7) is 0.637. The van der Waals surface area contributed by atoms with E-state index in [0.29, 0.717) is 12.5 Å². The maximum atomic E-state index is 11.7. The average molecular weight is 273 g/mol. The highest BCUT2D eigenvalue weighted by Crippen LogP contribution is 2.31. The number of amides is 1. The highest BCUT2D eigenvalue weighted by molar-refractivity contribution is 5.98. The molecule has 0 radical (unpaired) electrons. The van der Waals surface area contributed by atoms with Crippen molar-refractivity contribution in [3.05, 3.63) is 34.9 Å². The van der Waals surface area contributed by atoms with E-state index < -0.39 is 5.97 Å². The third kappa shape index (κ3) is 2.55. The van der Waals surface area contributed by atoms with Crippen molar-refractivity contribution in [2.75, 3.05) is 0 Å². The van der Waals surface area contributed by atoms with Crippen LogP contribution in [-0.4, -0.2) is 17.0 Å². The van der Waals surface area contributed by atoms with E-state index in [1.54, 1.807) is 0 Å². The molecule has 0 bridgehead atoms. The first-order valence-corrected chi connectivity index (χ1v) is 7.26. The van der Waals surface area contributed by atoms with E-state index in [-0.39, 0.29) is 11.8 Å². The van der Waals surface area contributed by atoms with Crippen molar-refractivity contribution in [1.82, 2.24) is 5.32 Å². The lowest BCUT2D eigenvalue weighted by molar-refractivity contribution is -0.143. The van der Waals surface area contributed by atoms with Crippen molar-refractivity contribution in [3.8, 4) is 0 Å². The molecule has 0 atom stereocenters. The molecule has 1 aliphatic heterocycles. The van der Waals surface area contributed by atoms with Crippen LogP contribution in [0.1, 0.15) is 47.2 Å². The van der Waals surface area contributed by atoms with Gasteiger partial charge in [-0.15, -0.1) is 0 Å². The van der Waals surface area contributed by atoms with Crippen LogP contribution in [0.4, 0.5) is 0 Å². The van der Waals surface area contributed by atoms with Gasteiger partial charge in [-0.05, 0) is 55.2 Å². The second-order valence-electron chi connectivity index (χ2n) is 5.93. The number of carboxylic acid groups (broad SMARTS) is 1. The summed E-state index contributed by atoms with van der Waals surface area (Å²) in [7, 11) is 0. The lowest BCUT2D eigenvalue weighted by atomic mass is 9.79. The number of carboxylic acids is 1. The molecule has 4 nitrogen and oxygen atoms in total. The SMILES string of the molecule is O=C1NCc2ccc(CC3CCC(C(=O)O)CC3)cc21. The molecule has 4 heteroatoms. The molecular weight excluding hydrogens is 254 g/mol. The minimum absolute atomic E-state index is 0.0245. The molecule has 1 aromatic rings. The Morgan fingerprint density at radius 1 is 1.25 bits per heavy atom. The zero-order chi connectivity index (χ0) is 14.1. The summed E-state index contributed by atoms with van der Waals surface area (Å²) in [5, 5.41) is 11.8. The van der Waals surface area contributed by atoms with Gasteiger partial charge < -0.3 is 10.4 Å². The lowest BCUT2D eigenvalue weighted by Gasteiger charge is -2.26. The predicted molar refractivity (Wildman–Crippen MR) is 74.4 cm³/mol. The van der Waals surface area contributed by atoms with Gasteiger partial charge in [0.05, 0.1) is 5.92 Å². The molecule has 0 spiro atoms. The fourth-order valence-corrected chi connectivity index (χ4v) is 3.33. The summed E-state index contributed by atoms with van der Waals surface area (Å²) in [5.41, 5.74) is 3.08. The zero-order valence-electron chi connectivity index (χ0n) is 11.4. The Kier molecular flexibility index (Phi) is 3.47. The molecule has 0 aromatic heterocycles. The summed E-state index contributed by atoms with van der Waals surface area (Å²) in [6.07, 6.45) is 4.46. The molecule has 1 fully saturated rings. The topological polar surface area (TPSA) is 66.4 Å². The van der Waals surface area contributed by atoms with E-state index in [2.05, 4.69) is 11.4 Å². The van der Waals surface area contributed by atoms with Gasteiger partial charge in [-0.1, -0.05) is 12.1 Å². The minimum atomic E-state index is -0.655. The van der Waals surface area contributed by atoms with Gasteiger partial charge in [-0.2, -0.15) is 0 Å². The van der Waals surface area contributed by atoms with Crippen LogP contribution in [0.3, 0.4) is 0 Å². The van der Waals surface area contributed by atoms with Crippen molar-refractivity contribution in [3.63, 3.8) is 0 Å². The van der Waals surface area contributed by atoms with Crippen LogP contribution in [0, 0.1) is 11.8 Å². The van der Waals surface area contributed by atoms with Crippen LogP contribution in [-0.2, 0) is 17.8 Å². The molecule has 1 amide bonds. The Bertz CT molecular complexity index is 545. The van der Waals surface area contributed by atoms with E-state index in [0.717, 1.165) is 43.2 Å². The second kappa shape index (κ2) is 5.27. The molecule has 3 rings (SSSR count). The first-order chi connectivity index (χ1) is 9.63. The Morgan fingerprint density at radius 2 is 2.00 bits per heavy atom. The van der Waals surface area contributed by atoms with E-state index >= 15 is 0 Å². The summed E-state index contributed by atoms with van der Waals surface area (Å²) in [5.74, 6) is -0.237. The Hall–Kier alpha value is -1.84. The van der Waals surface area contributed by atoms with Crippen molar-refractivity contribution >= 4 is 11.9 Å². The maximum Gasteiger partial charge on any atom is 0.306 e. The van der Waals surface area contributed by atoms with Crippen LogP contribution in [0.2, 0.25) is 0 Å². The van der Waals surface area contributed by atoms with Crippen LogP contribution < -0.4 is 5.32 Å². The quantitative estimate of drug-likeness (QED) is 0.888. The first kappa shape index (κ1) is 13.2. The average Bonchev–Trinajstić information content (AvgIpc) is 2.81. The van der Waals surface area contributed by atoms with Crippen LogP contribution in [0.15, 0.2) is 18.2 Å². The highest BCUT2D eigenvalue weighted by Gasteiger charge is 2.26. The summed E-state index contributed by atoms with van der Waals surface area (Å²) < 4.78 is 0. The Balaban J connectivity index is 1.63. The highest BCUT2D eigenvalue weighted by atomic mass is 16.4. The normalized spacial score (nSPS) is 25.1. The lowest BCUT2D eigenvalue weighted by Crippen LogP contribution is -2.22. The van der Waals surface area contributed by atoms with Crippen molar-refractivity contribution < 1.29 is 14.7 Å². The van der Waals surface area contributed by atoms with E-state index in [1.807, 2.05) is 12.1 Å². The Morgan fingerprint density at radius 3 is 2.70 bits per heavy atom. The van der Waals surface area contributed by atoms with Crippen LogP contribution in [0.25, 0.3) is 0 Å². The van der Waals surface area contributed by atoms with Crippen molar-refractivity contribution in [1.29, 1.82) is 0 Å². The minimum Gasteiger partial charge on any atom is -0.481 e. The number of aliphatic carboxylic acids is 1. The fourth-order valence-electron chi connectivity index (χ4n) is 3.33. The molecule has 1 aromatic carbocycles. The van der Waals surface area contributed by atoms with Gasteiger partial charge in [-0.25, -0.2) is 0 Å². The van der Waals surface area contributed by atoms with E-state index in [9.17, 15) is 9.59 Å². The summed E-state index contributed by atoms with van der Waals surface area (Å²) in [6, 6.07) is 6.13. The number of carbonyl (C=O) groups excluding carboxylic acids is 1. The third-order valence-corrected chi connectivity index (χ3v) is 4.58. The standard InChI is InChI=1S/C16H19NO3/c18-15-14-8-11(3-6-13(14)9-17-15)7-10-1-4-12(5-2-10)16(19)20/h3,6,8,10,12H,1-2,4-5,7,9H2,(H,17,18)(H,19,20). The molecule has 0 saturated heterocycles. The molecule has 20 heavy (non-hydrogen) atoms. The van der Waals surface area contributed by atoms with Gasteiger partial charge in [0.2, 0.25) is 0 Å². The van der Waals surface area contributed by atoms with Crippen LogP contribution in [0.5, 0.6) is 0 Å². The van der Waals surface area contributed by atoms with Gasteiger partial charge in [-0.3, -0.25) is 9.59 Å². The largest absolute Gasteiger partial charge is 0.481 e. The molecule has 1 heterocycles. The van der Waals surface area contributed by atoms with Crippen molar-refractivity contribution in [2.24, 2.45) is 11.8 Å². The summed E-state index contributed by atoms with van der Waals surface area (Å²) in [4.78, 5) is 22.6. The number of benzene rings is 1. The number of rotatable bonds is 3. The van der Waals surface area contributed by atoms with Gasteiger partial charge in [0, 0.05) is 12.1 Å². The van der Waals surface area contributed by atoms with Crippen molar-refractivity contribution in [2.45, 2.75) is 38.6 Å². The predicted octanol–water partition coefficient (Wildman–Crippen LogP) is 2.36. The molecule has 2 N–H and O–H groups in total. The van der Waals surface area contributed by atoms with Gasteiger partial charge in [0.15, 0.2) is 0 Å². The van der Waals surface area contributed by atoms with E-state index in [1.165, 1.54) is 5.56 Å². The monoisotopic (exact) mass is 273 g/mol. The van der Waals surface area contributed by atoms with Gasteiger partial charge in [0.25, 0.3) is 5.91 Å². The second-order valence-corrected chi connectivity index (χ2v) is 5.93. The molecular formula is C16H19NO3. The molecule has 1 aliphatic carbocycles. The number of fused-ring (bicyclic) bond motifs is 1. The Labute approximate surface area is 118 Å². The smallest absolute Gasteiger partial charge is 0.306 e. The number of nitrogens with one attached hydrogen (secondary N) is 1. The van der Waals surface area contributed by atoms with Crippen LogP contribution >= 0.6 is 0 Å². The number of hydrogen-bond acceptors (Lipinski definition) is 2. The number of carbonyl (C=O) groups is 2. The van der Waals surface area contributed by atoms with Gasteiger partial charge in [0.1, 0.15) is 0 Å². The molecule has 0 unspecified atom stereocenters. The maximum absolute atomic E-state index is 11.7. The number of hydrogen-bond donors (Lipinski definition) is 2. The molecule has 106 valence electrons. The van der Waals surface area contributed by atoms with Gasteiger partial charge >= 0.3 is 5.97 Å².